The van der Waals surface area contributed by atoms with Crippen LogP contribution in [0.5, 0.6) is 0 Å². The molecule has 16 heteroatoms. The monoisotopic (exact) mass is 862 g/mol. The molecule has 4 atom stereocenters. The van der Waals surface area contributed by atoms with E-state index in [1.54, 1.807) is 36.4 Å². The predicted molar refractivity (Wildman–Crippen MR) is 222 cm³/mol. The van der Waals surface area contributed by atoms with Crippen molar-refractivity contribution in [2.75, 3.05) is 26.4 Å². The first-order valence-corrected chi connectivity index (χ1v) is 22.7. The van der Waals surface area contributed by atoms with Crippen LogP contribution < -0.4 is 0 Å². The molecule has 3 aromatic rings. The molecular formula is C41H66O13S3. The SMILES string of the molecule is C.Cc1ccc(S(=O)(=O)OCC(CO)C(C)C)cc1.Cc1ccc(S(=O)(=O)OCC(O)C(O)CC(C)C)cc1.Cc1ccc(S(=O)(=O)OCC(O)CC(C)C)cc1. The van der Waals surface area contributed by atoms with E-state index in [0.29, 0.717) is 18.8 Å². The van der Waals surface area contributed by atoms with Gasteiger partial charge in [0.2, 0.25) is 0 Å². The summed E-state index contributed by atoms with van der Waals surface area (Å²) in [5.41, 5.74) is 2.91. The topological polar surface area (TPSA) is 211 Å². The molecule has 0 aliphatic carbocycles. The molecule has 3 rings (SSSR count). The Morgan fingerprint density at radius 2 is 0.807 bits per heavy atom. The summed E-state index contributed by atoms with van der Waals surface area (Å²) in [6.07, 6.45) is -2.08. The first kappa shape index (κ1) is 54.2. The quantitative estimate of drug-likeness (QED) is 0.0994. The summed E-state index contributed by atoms with van der Waals surface area (Å²) in [6.45, 7) is 16.4. The minimum absolute atomic E-state index is 0. The largest absolute Gasteiger partial charge is 0.396 e. The van der Waals surface area contributed by atoms with Gasteiger partial charge in [0, 0.05) is 12.5 Å². The zero-order valence-electron chi connectivity index (χ0n) is 33.9. The second kappa shape index (κ2) is 25.7. The standard InChI is InChI=1S/C14H22O5S.2C13H20O4S.CH4/c1-10(2)8-13(15)14(16)9-19-20(17,18)12-6-4-11(3)5-7-12;1-10(2)12(8-14)9-17-18(15,16)13-6-4-11(3)5-7-13;1-10(2)8-12(14)9-17-18(15,16)13-6-4-11(3)5-7-13;/h4-7,10,13-16H,8-9H2,1-3H3;2*4-7,10,12,14H,8-9H2,1-3H3;1H4. The average Bonchev–Trinajstić information content (AvgIpc) is 3.10. The molecule has 326 valence electrons. The molecule has 0 heterocycles. The molecule has 0 aliphatic rings. The summed E-state index contributed by atoms with van der Waals surface area (Å²) in [5.74, 6) is 0.493. The average molecular weight is 863 g/mol. The van der Waals surface area contributed by atoms with Crippen molar-refractivity contribution < 1.29 is 58.2 Å². The Balaban J connectivity index is 0.000000820. The molecular weight excluding hydrogens is 797 g/mol. The maximum Gasteiger partial charge on any atom is 0.297 e. The van der Waals surface area contributed by atoms with E-state index in [1.165, 1.54) is 36.4 Å². The first-order chi connectivity index (χ1) is 25.9. The molecule has 57 heavy (non-hydrogen) atoms. The lowest BCUT2D eigenvalue weighted by Crippen LogP contribution is -2.32. The highest BCUT2D eigenvalue weighted by Crippen LogP contribution is 2.19. The van der Waals surface area contributed by atoms with Gasteiger partial charge in [0.05, 0.1) is 46.7 Å². The van der Waals surface area contributed by atoms with Crippen LogP contribution in [-0.2, 0) is 42.9 Å². The van der Waals surface area contributed by atoms with E-state index in [1.807, 2.05) is 62.3 Å². The van der Waals surface area contributed by atoms with Crippen molar-refractivity contribution in [1.29, 1.82) is 0 Å². The smallest absolute Gasteiger partial charge is 0.297 e. The van der Waals surface area contributed by atoms with Crippen molar-refractivity contribution in [3.05, 3.63) is 89.5 Å². The minimum Gasteiger partial charge on any atom is -0.396 e. The van der Waals surface area contributed by atoms with Crippen LogP contribution in [0.2, 0.25) is 0 Å². The maximum absolute atomic E-state index is 11.9. The molecule has 0 fully saturated rings. The molecule has 0 saturated carbocycles. The van der Waals surface area contributed by atoms with Crippen LogP contribution in [0.15, 0.2) is 87.5 Å². The Bertz CT molecular complexity index is 1880. The van der Waals surface area contributed by atoms with Gasteiger partial charge in [0.15, 0.2) is 0 Å². The van der Waals surface area contributed by atoms with Crippen LogP contribution in [0.4, 0.5) is 0 Å². The summed E-state index contributed by atoms with van der Waals surface area (Å²) in [5, 5.41) is 38.1. The van der Waals surface area contributed by atoms with Gasteiger partial charge in [-0.25, -0.2) is 0 Å². The van der Waals surface area contributed by atoms with Crippen molar-refractivity contribution >= 4 is 30.4 Å². The summed E-state index contributed by atoms with van der Waals surface area (Å²) in [4.78, 5) is 0.298. The molecule has 4 N–H and O–H groups in total. The molecule has 0 aromatic heterocycles. The fourth-order valence-electron chi connectivity index (χ4n) is 4.64. The van der Waals surface area contributed by atoms with E-state index in [4.69, 9.17) is 17.7 Å². The number of aryl methyl sites for hydroxylation is 3. The zero-order valence-corrected chi connectivity index (χ0v) is 36.3. The molecule has 13 nitrogen and oxygen atoms in total. The third kappa shape index (κ3) is 21.2. The van der Waals surface area contributed by atoms with Crippen molar-refractivity contribution in [2.45, 2.75) is 116 Å². The van der Waals surface area contributed by atoms with E-state index in [9.17, 15) is 40.6 Å². The molecule has 0 saturated heterocycles. The second-order valence-corrected chi connectivity index (χ2v) is 19.7. The highest BCUT2D eigenvalue weighted by molar-refractivity contribution is 7.87. The lowest BCUT2D eigenvalue weighted by atomic mass is 9.98. The molecule has 0 aliphatic heterocycles. The fourth-order valence-corrected chi connectivity index (χ4v) is 7.47. The molecule has 0 bridgehead atoms. The normalized spacial score (nSPS) is 14.1. The van der Waals surface area contributed by atoms with Gasteiger partial charge in [-0.2, -0.15) is 25.3 Å². The Hall–Kier alpha value is -2.77. The zero-order chi connectivity index (χ0) is 42.9. The molecule has 0 spiro atoms. The van der Waals surface area contributed by atoms with E-state index < -0.39 is 55.3 Å². The van der Waals surface area contributed by atoms with Gasteiger partial charge >= 0.3 is 0 Å². The van der Waals surface area contributed by atoms with Crippen LogP contribution in [0.3, 0.4) is 0 Å². The number of aliphatic hydroxyl groups excluding tert-OH is 4. The van der Waals surface area contributed by atoms with E-state index in [0.717, 1.165) is 16.7 Å². The van der Waals surface area contributed by atoms with Gasteiger partial charge in [0.1, 0.15) is 6.10 Å². The predicted octanol–water partition coefficient (Wildman–Crippen LogP) is 6.18. The van der Waals surface area contributed by atoms with Gasteiger partial charge in [-0.3, -0.25) is 12.5 Å². The van der Waals surface area contributed by atoms with Crippen LogP contribution in [0.25, 0.3) is 0 Å². The highest BCUT2D eigenvalue weighted by atomic mass is 32.2. The summed E-state index contributed by atoms with van der Waals surface area (Å²) in [6, 6.07) is 19.1. The van der Waals surface area contributed by atoms with Crippen LogP contribution in [-0.4, -0.2) is 90.4 Å². The Morgan fingerprint density at radius 3 is 1.11 bits per heavy atom. The van der Waals surface area contributed by atoms with Crippen molar-refractivity contribution in [3.8, 4) is 0 Å². The van der Waals surface area contributed by atoms with E-state index in [2.05, 4.69) is 0 Å². The van der Waals surface area contributed by atoms with E-state index >= 15 is 0 Å². The Kier molecular flexibility index (Phi) is 24.4. The van der Waals surface area contributed by atoms with Gasteiger partial charge in [-0.15, -0.1) is 0 Å². The van der Waals surface area contributed by atoms with Gasteiger partial charge in [-0.05, 0) is 87.8 Å². The fraction of sp³-hybridized carbons (Fsp3) is 0.561. The van der Waals surface area contributed by atoms with Gasteiger partial charge < -0.3 is 20.4 Å². The summed E-state index contributed by atoms with van der Waals surface area (Å²) < 4.78 is 85.7. The van der Waals surface area contributed by atoms with Crippen LogP contribution in [0.1, 0.15) is 78.5 Å². The van der Waals surface area contributed by atoms with Crippen molar-refractivity contribution in [1.82, 2.24) is 0 Å². The molecule has 0 radical (unpaired) electrons. The second-order valence-electron chi connectivity index (χ2n) is 14.9. The third-order valence-corrected chi connectivity index (χ3v) is 12.1. The van der Waals surface area contributed by atoms with Crippen LogP contribution >= 0.6 is 0 Å². The van der Waals surface area contributed by atoms with Gasteiger partial charge in [-0.1, -0.05) is 102 Å². The van der Waals surface area contributed by atoms with Crippen molar-refractivity contribution in [2.24, 2.45) is 23.7 Å². The lowest BCUT2D eigenvalue weighted by Gasteiger charge is -2.19. The third-order valence-electron chi connectivity index (χ3n) is 8.25. The Morgan fingerprint density at radius 1 is 0.491 bits per heavy atom. The van der Waals surface area contributed by atoms with Crippen molar-refractivity contribution in [3.63, 3.8) is 0 Å². The lowest BCUT2D eigenvalue weighted by molar-refractivity contribution is -0.0158. The Labute approximate surface area is 342 Å². The van der Waals surface area contributed by atoms with E-state index in [-0.39, 0.29) is 59.7 Å². The highest BCUT2D eigenvalue weighted by Gasteiger charge is 2.23. The first-order valence-electron chi connectivity index (χ1n) is 18.4. The molecule has 3 aromatic carbocycles. The summed E-state index contributed by atoms with van der Waals surface area (Å²) >= 11 is 0. The van der Waals surface area contributed by atoms with Crippen LogP contribution in [0, 0.1) is 44.4 Å². The number of aliphatic hydroxyl groups is 4. The minimum atomic E-state index is -3.91. The molecule has 0 amide bonds. The number of hydrogen-bond donors (Lipinski definition) is 4. The maximum atomic E-state index is 11.9. The summed E-state index contributed by atoms with van der Waals surface area (Å²) in [7, 11) is -11.4. The van der Waals surface area contributed by atoms with Gasteiger partial charge in [0.25, 0.3) is 30.4 Å². The number of benzene rings is 3. The number of rotatable bonds is 19. The molecule has 4 unspecified atom stereocenters. The number of hydrogen-bond acceptors (Lipinski definition) is 13.